The summed E-state index contributed by atoms with van der Waals surface area (Å²) in [6.45, 7) is 0. The first-order chi connectivity index (χ1) is 8.25. The Morgan fingerprint density at radius 1 is 1.06 bits per heavy atom. The van der Waals surface area contributed by atoms with Crippen LogP contribution in [0.5, 0.6) is 0 Å². The summed E-state index contributed by atoms with van der Waals surface area (Å²) in [5.74, 6) is 0.534. The zero-order valence-corrected chi connectivity index (χ0v) is 9.46. The van der Waals surface area contributed by atoms with Gasteiger partial charge in [0.05, 0.1) is 11.0 Å². The van der Waals surface area contributed by atoms with E-state index >= 15 is 0 Å². The van der Waals surface area contributed by atoms with Crippen molar-refractivity contribution in [1.82, 2.24) is 14.5 Å². The molecule has 0 bridgehead atoms. The van der Waals surface area contributed by atoms with Crippen LogP contribution in [0.1, 0.15) is 0 Å². The molecule has 4 heteroatoms. The van der Waals surface area contributed by atoms with Crippen LogP contribution in [0.15, 0.2) is 42.7 Å². The zero-order chi connectivity index (χ0) is 11.8. The van der Waals surface area contributed by atoms with Gasteiger partial charge in [-0.05, 0) is 35.4 Å². The number of imidazole rings is 1. The minimum absolute atomic E-state index is 0.534. The lowest BCUT2D eigenvalue weighted by molar-refractivity contribution is 0.965. The van der Waals surface area contributed by atoms with Crippen LogP contribution in [0.4, 0.5) is 5.95 Å². The fourth-order valence-electron chi connectivity index (χ4n) is 1.94. The Hall–Kier alpha value is -2.36. The summed E-state index contributed by atoms with van der Waals surface area (Å²) in [6, 6.07) is 10.1. The highest BCUT2D eigenvalue weighted by Gasteiger charge is 2.06. The van der Waals surface area contributed by atoms with Gasteiger partial charge in [-0.15, -0.1) is 0 Å². The van der Waals surface area contributed by atoms with E-state index in [0.29, 0.717) is 5.95 Å². The van der Waals surface area contributed by atoms with E-state index in [1.54, 1.807) is 12.4 Å². The number of hydrogen-bond acceptors (Lipinski definition) is 3. The number of nitrogen functional groups attached to an aromatic ring is 1. The Morgan fingerprint density at radius 3 is 2.59 bits per heavy atom. The molecule has 0 aliphatic carbocycles. The van der Waals surface area contributed by atoms with Crippen LogP contribution in [-0.2, 0) is 7.05 Å². The third-order valence-electron chi connectivity index (χ3n) is 2.93. The highest BCUT2D eigenvalue weighted by atomic mass is 15.1. The molecule has 2 aromatic heterocycles. The molecule has 0 aliphatic heterocycles. The average Bonchev–Trinajstić information content (AvgIpc) is 2.66. The van der Waals surface area contributed by atoms with E-state index in [0.717, 1.165) is 22.2 Å². The molecule has 1 aromatic carbocycles. The van der Waals surface area contributed by atoms with Gasteiger partial charge in [0.25, 0.3) is 0 Å². The largest absolute Gasteiger partial charge is 0.369 e. The molecule has 3 aromatic rings. The Morgan fingerprint density at radius 2 is 1.82 bits per heavy atom. The summed E-state index contributed by atoms with van der Waals surface area (Å²) in [5.41, 5.74) is 10.00. The number of aromatic nitrogens is 3. The van der Waals surface area contributed by atoms with Gasteiger partial charge in [-0.2, -0.15) is 0 Å². The molecule has 0 aliphatic rings. The number of nitrogens with two attached hydrogens (primary N) is 1. The maximum absolute atomic E-state index is 5.78. The van der Waals surface area contributed by atoms with Gasteiger partial charge in [0.2, 0.25) is 5.95 Å². The van der Waals surface area contributed by atoms with Crippen molar-refractivity contribution in [2.24, 2.45) is 7.05 Å². The molecule has 3 rings (SSSR count). The predicted octanol–water partition coefficient (Wildman–Crippen LogP) is 2.22. The summed E-state index contributed by atoms with van der Waals surface area (Å²) < 4.78 is 1.88. The first-order valence-electron chi connectivity index (χ1n) is 5.38. The number of hydrogen-bond donors (Lipinski definition) is 1. The molecular formula is C13H12N4. The van der Waals surface area contributed by atoms with Crippen LogP contribution in [0.2, 0.25) is 0 Å². The molecule has 0 saturated heterocycles. The third kappa shape index (κ3) is 1.54. The molecule has 0 atom stereocenters. The smallest absolute Gasteiger partial charge is 0.200 e. The van der Waals surface area contributed by atoms with Gasteiger partial charge in [-0.25, -0.2) is 4.98 Å². The second-order valence-electron chi connectivity index (χ2n) is 3.97. The molecule has 84 valence electrons. The molecule has 17 heavy (non-hydrogen) atoms. The number of benzene rings is 1. The Balaban J connectivity index is 2.21. The van der Waals surface area contributed by atoms with Crippen LogP contribution in [0.25, 0.3) is 22.2 Å². The number of anilines is 1. The Labute approximate surface area is 98.7 Å². The van der Waals surface area contributed by atoms with E-state index in [1.807, 2.05) is 35.9 Å². The van der Waals surface area contributed by atoms with Crippen LogP contribution < -0.4 is 5.73 Å². The molecule has 0 saturated carbocycles. The second kappa shape index (κ2) is 3.59. The summed E-state index contributed by atoms with van der Waals surface area (Å²) in [4.78, 5) is 8.34. The first kappa shape index (κ1) is 9.84. The van der Waals surface area contributed by atoms with E-state index in [2.05, 4.69) is 16.0 Å². The monoisotopic (exact) mass is 224 g/mol. The first-order valence-corrected chi connectivity index (χ1v) is 5.38. The highest BCUT2D eigenvalue weighted by molar-refractivity contribution is 5.83. The number of rotatable bonds is 1. The van der Waals surface area contributed by atoms with Crippen LogP contribution in [-0.4, -0.2) is 14.5 Å². The molecular weight excluding hydrogens is 212 g/mol. The van der Waals surface area contributed by atoms with Crippen molar-refractivity contribution in [3.05, 3.63) is 42.7 Å². The Kier molecular flexibility index (Phi) is 2.08. The zero-order valence-electron chi connectivity index (χ0n) is 9.46. The van der Waals surface area contributed by atoms with Gasteiger partial charge in [0.15, 0.2) is 0 Å². The normalized spacial score (nSPS) is 10.9. The van der Waals surface area contributed by atoms with Crippen molar-refractivity contribution >= 4 is 17.0 Å². The third-order valence-corrected chi connectivity index (χ3v) is 2.93. The molecule has 0 fully saturated rings. The van der Waals surface area contributed by atoms with Crippen LogP contribution >= 0.6 is 0 Å². The predicted molar refractivity (Wildman–Crippen MR) is 68.4 cm³/mol. The van der Waals surface area contributed by atoms with Gasteiger partial charge in [-0.3, -0.25) is 4.98 Å². The molecule has 2 N–H and O–H groups in total. The summed E-state index contributed by atoms with van der Waals surface area (Å²) >= 11 is 0. The second-order valence-corrected chi connectivity index (χ2v) is 3.97. The van der Waals surface area contributed by atoms with Crippen molar-refractivity contribution in [3.63, 3.8) is 0 Å². The number of pyridine rings is 1. The minimum atomic E-state index is 0.534. The van der Waals surface area contributed by atoms with Gasteiger partial charge >= 0.3 is 0 Å². The fraction of sp³-hybridized carbons (Fsp3) is 0.0769. The fourth-order valence-corrected chi connectivity index (χ4v) is 1.94. The molecule has 0 spiro atoms. The minimum Gasteiger partial charge on any atom is -0.369 e. The maximum atomic E-state index is 5.78. The van der Waals surface area contributed by atoms with E-state index < -0.39 is 0 Å². The average molecular weight is 224 g/mol. The lowest BCUT2D eigenvalue weighted by Gasteiger charge is -2.01. The molecule has 4 nitrogen and oxygen atoms in total. The van der Waals surface area contributed by atoms with E-state index in [-0.39, 0.29) is 0 Å². The summed E-state index contributed by atoms with van der Waals surface area (Å²) in [6.07, 6.45) is 3.57. The van der Waals surface area contributed by atoms with E-state index in [1.165, 1.54) is 0 Å². The van der Waals surface area contributed by atoms with E-state index in [9.17, 15) is 0 Å². The molecule has 0 unspecified atom stereocenters. The number of fused-ring (bicyclic) bond motifs is 1. The van der Waals surface area contributed by atoms with Crippen molar-refractivity contribution in [3.8, 4) is 11.1 Å². The number of aryl methyl sites for hydroxylation is 1. The van der Waals surface area contributed by atoms with Gasteiger partial charge in [0, 0.05) is 19.4 Å². The summed E-state index contributed by atoms with van der Waals surface area (Å²) in [5, 5.41) is 0. The lowest BCUT2D eigenvalue weighted by atomic mass is 10.1. The van der Waals surface area contributed by atoms with Crippen molar-refractivity contribution in [2.75, 3.05) is 5.73 Å². The highest BCUT2D eigenvalue weighted by Crippen LogP contribution is 2.24. The quantitative estimate of drug-likeness (QED) is 0.689. The number of nitrogens with zero attached hydrogens (tertiary/aromatic N) is 3. The molecule has 0 radical (unpaired) electrons. The van der Waals surface area contributed by atoms with Gasteiger partial charge < -0.3 is 10.3 Å². The lowest BCUT2D eigenvalue weighted by Crippen LogP contribution is -1.95. The molecule has 2 heterocycles. The van der Waals surface area contributed by atoms with Crippen molar-refractivity contribution in [1.29, 1.82) is 0 Å². The topological polar surface area (TPSA) is 56.7 Å². The van der Waals surface area contributed by atoms with Crippen molar-refractivity contribution < 1.29 is 0 Å². The maximum Gasteiger partial charge on any atom is 0.200 e. The van der Waals surface area contributed by atoms with Crippen LogP contribution in [0, 0.1) is 0 Å². The standard InChI is InChI=1S/C13H12N4/c1-17-12-3-2-10(8-11(12)16-13(17)14)9-4-6-15-7-5-9/h2-8H,1H3,(H2,14,16). The van der Waals surface area contributed by atoms with Crippen molar-refractivity contribution in [2.45, 2.75) is 0 Å². The Bertz CT molecular complexity index is 670. The van der Waals surface area contributed by atoms with E-state index in [4.69, 9.17) is 5.73 Å². The van der Waals surface area contributed by atoms with Gasteiger partial charge in [0.1, 0.15) is 0 Å². The summed E-state index contributed by atoms with van der Waals surface area (Å²) in [7, 11) is 1.91. The van der Waals surface area contributed by atoms with Gasteiger partial charge in [-0.1, -0.05) is 6.07 Å². The molecule has 0 amide bonds. The SMILES string of the molecule is Cn1c(N)nc2cc(-c3ccncc3)ccc21. The van der Waals surface area contributed by atoms with Crippen LogP contribution in [0.3, 0.4) is 0 Å².